The minimum Gasteiger partial charge on any atom is -0.351 e. The summed E-state index contributed by atoms with van der Waals surface area (Å²) in [6.45, 7) is 8.13. The van der Waals surface area contributed by atoms with Crippen molar-refractivity contribution in [3.05, 3.63) is 59.9 Å². The summed E-state index contributed by atoms with van der Waals surface area (Å²) in [5.74, 6) is 0.149. The Kier molecular flexibility index (Phi) is 4.66. The molecule has 0 bridgehead atoms. The first kappa shape index (κ1) is 14.7. The van der Waals surface area contributed by atoms with Crippen molar-refractivity contribution >= 4 is 17.5 Å². The van der Waals surface area contributed by atoms with Crippen LogP contribution in [-0.4, -0.2) is 22.4 Å². The monoisotopic (exact) mass is 282 g/mol. The van der Waals surface area contributed by atoms with Gasteiger partial charge in [0.05, 0.1) is 0 Å². The van der Waals surface area contributed by atoms with Gasteiger partial charge in [0.25, 0.3) is 5.91 Å². The molecule has 2 N–H and O–H groups in total. The molecule has 0 spiro atoms. The number of nitrogens with zero attached hydrogens (tertiary/aromatic N) is 2. The highest BCUT2D eigenvalue weighted by atomic mass is 16.1. The SMILES string of the molecule is C=CCNc1nccc(C(=O)Nc2cccc(C)c2C)n1. The quantitative estimate of drug-likeness (QED) is 0.827. The van der Waals surface area contributed by atoms with E-state index in [-0.39, 0.29) is 5.91 Å². The molecule has 0 fully saturated rings. The predicted molar refractivity (Wildman–Crippen MR) is 84.6 cm³/mol. The maximum Gasteiger partial charge on any atom is 0.274 e. The molecule has 0 atom stereocenters. The van der Waals surface area contributed by atoms with E-state index in [2.05, 4.69) is 27.2 Å². The van der Waals surface area contributed by atoms with Crippen LogP contribution >= 0.6 is 0 Å². The Hall–Kier alpha value is -2.69. The molecule has 0 aliphatic rings. The van der Waals surface area contributed by atoms with Crippen molar-refractivity contribution in [2.24, 2.45) is 0 Å². The second-order valence-electron chi connectivity index (χ2n) is 4.64. The number of aromatic nitrogens is 2. The zero-order valence-corrected chi connectivity index (χ0v) is 12.2. The van der Waals surface area contributed by atoms with E-state index in [1.54, 1.807) is 18.3 Å². The van der Waals surface area contributed by atoms with Crippen molar-refractivity contribution in [1.29, 1.82) is 0 Å². The highest BCUT2D eigenvalue weighted by molar-refractivity contribution is 6.03. The second kappa shape index (κ2) is 6.65. The standard InChI is InChI=1S/C16H18N4O/c1-4-9-17-16-18-10-8-14(20-16)15(21)19-13-7-5-6-11(2)12(13)3/h4-8,10H,1,9H2,2-3H3,(H,19,21)(H,17,18,20). The van der Waals surface area contributed by atoms with Crippen molar-refractivity contribution in [2.75, 3.05) is 17.2 Å². The highest BCUT2D eigenvalue weighted by Crippen LogP contribution is 2.18. The van der Waals surface area contributed by atoms with Gasteiger partial charge in [-0.05, 0) is 37.1 Å². The molecule has 2 aromatic rings. The second-order valence-corrected chi connectivity index (χ2v) is 4.64. The Morgan fingerprint density at radius 3 is 2.90 bits per heavy atom. The van der Waals surface area contributed by atoms with Gasteiger partial charge in [0.1, 0.15) is 5.69 Å². The number of anilines is 2. The first-order valence-electron chi connectivity index (χ1n) is 6.67. The molecule has 0 saturated heterocycles. The molecular formula is C16H18N4O. The Balaban J connectivity index is 2.16. The maximum atomic E-state index is 12.3. The van der Waals surface area contributed by atoms with Crippen molar-refractivity contribution in [3.63, 3.8) is 0 Å². The molecule has 0 radical (unpaired) electrons. The van der Waals surface area contributed by atoms with Crippen LogP contribution in [0.1, 0.15) is 21.6 Å². The summed E-state index contributed by atoms with van der Waals surface area (Å²) in [6, 6.07) is 7.37. The van der Waals surface area contributed by atoms with Gasteiger partial charge < -0.3 is 10.6 Å². The number of aryl methyl sites for hydroxylation is 1. The van der Waals surface area contributed by atoms with Crippen LogP contribution in [0.4, 0.5) is 11.6 Å². The molecule has 1 amide bonds. The lowest BCUT2D eigenvalue weighted by Gasteiger charge is -2.10. The van der Waals surface area contributed by atoms with Crippen molar-refractivity contribution < 1.29 is 4.79 Å². The lowest BCUT2D eigenvalue weighted by atomic mass is 10.1. The fraction of sp³-hybridized carbons (Fsp3) is 0.188. The van der Waals surface area contributed by atoms with E-state index in [9.17, 15) is 4.79 Å². The fourth-order valence-corrected chi connectivity index (χ4v) is 1.81. The average molecular weight is 282 g/mol. The van der Waals surface area contributed by atoms with Crippen LogP contribution in [0.3, 0.4) is 0 Å². The number of carbonyl (C=O) groups is 1. The number of hydrogen-bond donors (Lipinski definition) is 2. The van der Waals surface area contributed by atoms with Crippen molar-refractivity contribution in [1.82, 2.24) is 9.97 Å². The van der Waals surface area contributed by atoms with Crippen LogP contribution < -0.4 is 10.6 Å². The number of benzene rings is 1. The van der Waals surface area contributed by atoms with Crippen molar-refractivity contribution in [2.45, 2.75) is 13.8 Å². The van der Waals surface area contributed by atoms with E-state index in [4.69, 9.17) is 0 Å². The van der Waals surface area contributed by atoms with Gasteiger partial charge in [0.2, 0.25) is 5.95 Å². The molecule has 0 unspecified atom stereocenters. The topological polar surface area (TPSA) is 66.9 Å². The zero-order chi connectivity index (χ0) is 15.2. The minimum absolute atomic E-state index is 0.257. The molecule has 0 aliphatic carbocycles. The third-order valence-corrected chi connectivity index (χ3v) is 3.15. The van der Waals surface area contributed by atoms with Gasteiger partial charge in [-0.15, -0.1) is 6.58 Å². The maximum absolute atomic E-state index is 12.3. The molecular weight excluding hydrogens is 264 g/mol. The van der Waals surface area contributed by atoms with Crippen LogP contribution in [0.25, 0.3) is 0 Å². The smallest absolute Gasteiger partial charge is 0.274 e. The van der Waals surface area contributed by atoms with Gasteiger partial charge in [-0.2, -0.15) is 0 Å². The first-order valence-corrected chi connectivity index (χ1v) is 6.67. The van der Waals surface area contributed by atoms with E-state index in [0.717, 1.165) is 16.8 Å². The lowest BCUT2D eigenvalue weighted by molar-refractivity contribution is 0.102. The van der Waals surface area contributed by atoms with Gasteiger partial charge in [-0.1, -0.05) is 18.2 Å². The molecule has 5 nitrogen and oxygen atoms in total. The summed E-state index contributed by atoms with van der Waals surface area (Å²) in [6.07, 6.45) is 3.25. The summed E-state index contributed by atoms with van der Waals surface area (Å²) in [5, 5.41) is 5.83. The normalized spacial score (nSPS) is 10.0. The van der Waals surface area contributed by atoms with Crippen LogP contribution in [0.15, 0.2) is 43.1 Å². The molecule has 1 aromatic carbocycles. The average Bonchev–Trinajstić information content (AvgIpc) is 2.50. The van der Waals surface area contributed by atoms with Crippen molar-refractivity contribution in [3.8, 4) is 0 Å². The number of nitrogens with one attached hydrogen (secondary N) is 2. The Labute approximate surface area is 124 Å². The fourth-order valence-electron chi connectivity index (χ4n) is 1.81. The van der Waals surface area contributed by atoms with Gasteiger partial charge in [-0.25, -0.2) is 9.97 Å². The van der Waals surface area contributed by atoms with Crippen LogP contribution in [0.2, 0.25) is 0 Å². The third-order valence-electron chi connectivity index (χ3n) is 3.15. The summed E-state index contributed by atoms with van der Waals surface area (Å²) >= 11 is 0. The van der Waals surface area contributed by atoms with Crippen LogP contribution in [0, 0.1) is 13.8 Å². The van der Waals surface area contributed by atoms with Crippen LogP contribution in [0.5, 0.6) is 0 Å². The number of rotatable bonds is 5. The van der Waals surface area contributed by atoms with E-state index < -0.39 is 0 Å². The van der Waals surface area contributed by atoms with Gasteiger partial charge in [0.15, 0.2) is 0 Å². The van der Waals surface area contributed by atoms with E-state index in [1.807, 2.05) is 32.0 Å². The predicted octanol–water partition coefficient (Wildman–Crippen LogP) is 2.94. The molecule has 108 valence electrons. The largest absolute Gasteiger partial charge is 0.351 e. The number of amides is 1. The Morgan fingerprint density at radius 1 is 1.33 bits per heavy atom. The molecule has 5 heteroatoms. The minimum atomic E-state index is -0.257. The Bertz CT molecular complexity index is 667. The zero-order valence-electron chi connectivity index (χ0n) is 12.2. The van der Waals surface area contributed by atoms with Crippen LogP contribution in [-0.2, 0) is 0 Å². The summed E-state index contributed by atoms with van der Waals surface area (Å²) in [5.41, 5.74) is 3.28. The highest BCUT2D eigenvalue weighted by Gasteiger charge is 2.10. The molecule has 1 heterocycles. The molecule has 1 aromatic heterocycles. The van der Waals surface area contributed by atoms with Gasteiger partial charge in [-0.3, -0.25) is 4.79 Å². The van der Waals surface area contributed by atoms with Gasteiger partial charge >= 0.3 is 0 Å². The lowest BCUT2D eigenvalue weighted by Crippen LogP contribution is -2.16. The molecule has 0 aliphatic heterocycles. The first-order chi connectivity index (χ1) is 10.1. The van der Waals surface area contributed by atoms with E-state index >= 15 is 0 Å². The number of carbonyl (C=O) groups excluding carboxylic acids is 1. The Morgan fingerprint density at radius 2 is 2.14 bits per heavy atom. The summed E-state index contributed by atoms with van der Waals surface area (Å²) in [4.78, 5) is 20.5. The molecule has 21 heavy (non-hydrogen) atoms. The third kappa shape index (κ3) is 3.66. The summed E-state index contributed by atoms with van der Waals surface area (Å²) < 4.78 is 0. The van der Waals surface area contributed by atoms with E-state index in [0.29, 0.717) is 18.2 Å². The van der Waals surface area contributed by atoms with Gasteiger partial charge in [0, 0.05) is 18.4 Å². The molecule has 2 rings (SSSR count). The van der Waals surface area contributed by atoms with E-state index in [1.165, 1.54) is 0 Å². The number of hydrogen-bond acceptors (Lipinski definition) is 4. The molecule has 0 saturated carbocycles. The summed E-state index contributed by atoms with van der Waals surface area (Å²) in [7, 11) is 0.